The highest BCUT2D eigenvalue weighted by Crippen LogP contribution is 2.05. The van der Waals surface area contributed by atoms with Gasteiger partial charge in [0.1, 0.15) is 18.1 Å². The van der Waals surface area contributed by atoms with Crippen molar-refractivity contribution < 1.29 is 34.2 Å². The Balaban J connectivity index is 2.91. The Morgan fingerprint density at radius 3 is 2.09 bits per heavy atom. The van der Waals surface area contributed by atoms with Crippen molar-refractivity contribution in [1.82, 2.24) is 25.9 Å². The molecule has 0 aliphatic heterocycles. The number of carbonyl (C=O) groups is 5. The molecular formula is C19H31N7O7. The Morgan fingerprint density at radius 1 is 1.03 bits per heavy atom. The van der Waals surface area contributed by atoms with Gasteiger partial charge >= 0.3 is 5.97 Å². The Labute approximate surface area is 189 Å². The van der Waals surface area contributed by atoms with Gasteiger partial charge < -0.3 is 42.6 Å². The van der Waals surface area contributed by atoms with Crippen molar-refractivity contribution in [1.29, 1.82) is 0 Å². The summed E-state index contributed by atoms with van der Waals surface area (Å²) in [5, 5.41) is 26.0. The summed E-state index contributed by atoms with van der Waals surface area (Å²) in [6, 6.07) is -5.41. The van der Waals surface area contributed by atoms with E-state index in [4.69, 9.17) is 11.5 Å². The lowest BCUT2D eigenvalue weighted by molar-refractivity contribution is -0.143. The molecule has 0 spiro atoms. The first-order valence-electron chi connectivity index (χ1n) is 10.2. The van der Waals surface area contributed by atoms with E-state index in [-0.39, 0.29) is 6.42 Å². The molecule has 4 amide bonds. The van der Waals surface area contributed by atoms with Crippen molar-refractivity contribution in [3.05, 3.63) is 18.2 Å². The quantitative estimate of drug-likeness (QED) is 0.144. The number of hydrogen-bond donors (Lipinski definition) is 8. The number of carbonyl (C=O) groups excluding carboxylic acids is 4. The van der Waals surface area contributed by atoms with E-state index < -0.39 is 72.2 Å². The van der Waals surface area contributed by atoms with Crippen molar-refractivity contribution in [3.63, 3.8) is 0 Å². The van der Waals surface area contributed by atoms with Crippen LogP contribution >= 0.6 is 0 Å². The lowest BCUT2D eigenvalue weighted by atomic mass is 10.0. The van der Waals surface area contributed by atoms with E-state index in [2.05, 4.69) is 25.9 Å². The second-order valence-corrected chi connectivity index (χ2v) is 7.91. The van der Waals surface area contributed by atoms with E-state index in [1.165, 1.54) is 19.4 Å². The summed E-state index contributed by atoms with van der Waals surface area (Å²) in [6.07, 6.45) is 0.929. The van der Waals surface area contributed by atoms with Gasteiger partial charge in [-0.3, -0.25) is 19.2 Å². The summed E-state index contributed by atoms with van der Waals surface area (Å²) in [5.74, 6) is -5.45. The summed E-state index contributed by atoms with van der Waals surface area (Å²) in [5.41, 5.74) is 11.6. The summed E-state index contributed by atoms with van der Waals surface area (Å²) < 4.78 is 0. The van der Waals surface area contributed by atoms with Gasteiger partial charge in [0, 0.05) is 18.3 Å². The average Bonchev–Trinajstić information content (AvgIpc) is 3.20. The number of amides is 4. The number of rotatable bonds is 13. The summed E-state index contributed by atoms with van der Waals surface area (Å²) in [6.45, 7) is 4.35. The summed E-state index contributed by atoms with van der Waals surface area (Å²) in [7, 11) is 0. The lowest BCUT2D eigenvalue weighted by Gasteiger charge is -2.26. The minimum absolute atomic E-state index is 0.0818. The van der Waals surface area contributed by atoms with Crippen LogP contribution in [-0.4, -0.2) is 80.1 Å². The second kappa shape index (κ2) is 12.5. The molecule has 1 aromatic rings. The van der Waals surface area contributed by atoms with Crippen LogP contribution < -0.4 is 27.4 Å². The molecule has 14 nitrogen and oxygen atoms in total. The SMILES string of the molecule is CC(C)C(NC(=O)C(CC(N)=O)NC(=O)C(NC(=O)C(N)Cc1cnc[nH]1)C(C)O)C(=O)O. The first kappa shape index (κ1) is 27.5. The number of hydrogen-bond acceptors (Lipinski definition) is 8. The predicted molar refractivity (Wildman–Crippen MR) is 114 cm³/mol. The van der Waals surface area contributed by atoms with Crippen LogP contribution in [0, 0.1) is 5.92 Å². The number of H-pyrrole nitrogens is 1. The molecule has 184 valence electrons. The monoisotopic (exact) mass is 469 g/mol. The van der Waals surface area contributed by atoms with Crippen LogP contribution in [0.2, 0.25) is 0 Å². The van der Waals surface area contributed by atoms with Crippen molar-refractivity contribution in [3.8, 4) is 0 Å². The molecule has 1 aromatic heterocycles. The molecule has 0 bridgehead atoms. The van der Waals surface area contributed by atoms with E-state index in [1.807, 2.05) is 0 Å². The number of nitrogens with one attached hydrogen (secondary N) is 4. The summed E-state index contributed by atoms with van der Waals surface area (Å²) >= 11 is 0. The molecule has 33 heavy (non-hydrogen) atoms. The van der Waals surface area contributed by atoms with Gasteiger partial charge in [-0.25, -0.2) is 9.78 Å². The maximum absolute atomic E-state index is 12.7. The third kappa shape index (κ3) is 8.86. The average molecular weight is 469 g/mol. The smallest absolute Gasteiger partial charge is 0.326 e. The van der Waals surface area contributed by atoms with Gasteiger partial charge in [0.2, 0.25) is 23.6 Å². The highest BCUT2D eigenvalue weighted by Gasteiger charge is 2.33. The molecule has 0 fully saturated rings. The fourth-order valence-electron chi connectivity index (χ4n) is 2.83. The van der Waals surface area contributed by atoms with Crippen LogP contribution in [0.15, 0.2) is 12.5 Å². The molecule has 10 N–H and O–H groups in total. The van der Waals surface area contributed by atoms with Crippen molar-refractivity contribution in [2.24, 2.45) is 17.4 Å². The van der Waals surface area contributed by atoms with E-state index >= 15 is 0 Å². The van der Waals surface area contributed by atoms with Gasteiger partial charge in [0.25, 0.3) is 0 Å². The molecule has 0 saturated carbocycles. The van der Waals surface area contributed by atoms with Crippen LogP contribution in [0.25, 0.3) is 0 Å². The largest absolute Gasteiger partial charge is 0.480 e. The van der Waals surface area contributed by atoms with Crippen LogP contribution in [0.5, 0.6) is 0 Å². The fraction of sp³-hybridized carbons (Fsp3) is 0.579. The summed E-state index contributed by atoms with van der Waals surface area (Å²) in [4.78, 5) is 67.0. The predicted octanol–water partition coefficient (Wildman–Crippen LogP) is -3.27. The zero-order chi connectivity index (χ0) is 25.3. The van der Waals surface area contributed by atoms with E-state index in [0.717, 1.165) is 0 Å². The third-order valence-electron chi connectivity index (χ3n) is 4.66. The molecule has 5 unspecified atom stereocenters. The van der Waals surface area contributed by atoms with Crippen LogP contribution in [0.4, 0.5) is 0 Å². The van der Waals surface area contributed by atoms with E-state index in [9.17, 15) is 34.2 Å². The number of primary amides is 1. The maximum atomic E-state index is 12.7. The number of carboxylic acid groups (broad SMARTS) is 1. The number of aromatic amines is 1. The Morgan fingerprint density at radius 2 is 1.64 bits per heavy atom. The zero-order valence-corrected chi connectivity index (χ0v) is 18.6. The number of aliphatic hydroxyl groups is 1. The Hall–Kier alpha value is -3.52. The van der Waals surface area contributed by atoms with Crippen LogP contribution in [0.1, 0.15) is 32.9 Å². The van der Waals surface area contributed by atoms with Gasteiger partial charge in [-0.1, -0.05) is 13.8 Å². The first-order valence-corrected chi connectivity index (χ1v) is 10.2. The molecule has 0 aliphatic carbocycles. The third-order valence-corrected chi connectivity index (χ3v) is 4.66. The number of aromatic nitrogens is 2. The van der Waals surface area contributed by atoms with Gasteiger partial charge in [0.05, 0.1) is 24.9 Å². The molecule has 1 rings (SSSR count). The molecule has 1 heterocycles. The minimum atomic E-state index is -1.53. The number of aliphatic carboxylic acids is 1. The Bertz CT molecular complexity index is 842. The van der Waals surface area contributed by atoms with Crippen molar-refractivity contribution >= 4 is 29.6 Å². The van der Waals surface area contributed by atoms with Gasteiger partial charge in [0.15, 0.2) is 0 Å². The number of imidazole rings is 1. The molecule has 0 aliphatic rings. The fourth-order valence-corrected chi connectivity index (χ4v) is 2.83. The van der Waals surface area contributed by atoms with Crippen molar-refractivity contribution in [2.75, 3.05) is 0 Å². The van der Waals surface area contributed by atoms with Gasteiger partial charge in [-0.15, -0.1) is 0 Å². The number of nitrogens with zero attached hydrogens (tertiary/aromatic N) is 1. The standard InChI is InChI=1S/C19H31N7O7/c1-8(2)14(19(32)33)25-17(30)12(5-13(21)28)24-18(31)15(9(3)27)26-16(29)11(20)4-10-6-22-7-23-10/h6-9,11-12,14-15,27H,4-5,20H2,1-3H3,(H2,21,28)(H,22,23)(H,24,31)(H,25,30)(H,26,29)(H,32,33). The second-order valence-electron chi connectivity index (χ2n) is 7.91. The lowest BCUT2D eigenvalue weighted by Crippen LogP contribution is -2.60. The molecule has 0 aromatic carbocycles. The maximum Gasteiger partial charge on any atom is 0.326 e. The number of nitrogens with two attached hydrogens (primary N) is 2. The molecule has 14 heteroatoms. The molecule has 5 atom stereocenters. The molecular weight excluding hydrogens is 438 g/mol. The first-order chi connectivity index (χ1) is 15.3. The van der Waals surface area contributed by atoms with Crippen molar-refractivity contribution in [2.45, 2.75) is 63.9 Å². The molecule has 0 radical (unpaired) electrons. The number of carboxylic acids is 1. The number of aliphatic hydroxyl groups excluding tert-OH is 1. The zero-order valence-electron chi connectivity index (χ0n) is 18.6. The minimum Gasteiger partial charge on any atom is -0.480 e. The van der Waals surface area contributed by atoms with Gasteiger partial charge in [-0.05, 0) is 12.8 Å². The van der Waals surface area contributed by atoms with E-state index in [0.29, 0.717) is 5.69 Å². The van der Waals surface area contributed by atoms with Crippen LogP contribution in [0.3, 0.4) is 0 Å². The van der Waals surface area contributed by atoms with E-state index in [1.54, 1.807) is 13.8 Å². The topological polar surface area (TPSA) is 243 Å². The normalized spacial score (nSPS) is 15.6. The molecule has 0 saturated heterocycles. The highest BCUT2D eigenvalue weighted by atomic mass is 16.4. The van der Waals surface area contributed by atoms with Crippen LogP contribution in [-0.2, 0) is 30.4 Å². The highest BCUT2D eigenvalue weighted by molar-refractivity contribution is 5.96. The Kier molecular flexibility index (Phi) is 10.4. The van der Waals surface area contributed by atoms with Gasteiger partial charge in [-0.2, -0.15) is 0 Å².